The van der Waals surface area contributed by atoms with Crippen LogP contribution in [0.15, 0.2) is 36.4 Å². The third-order valence-electron chi connectivity index (χ3n) is 5.51. The van der Waals surface area contributed by atoms with Gasteiger partial charge in [0.25, 0.3) is 0 Å². The summed E-state index contributed by atoms with van der Waals surface area (Å²) in [5, 5.41) is 0. The summed E-state index contributed by atoms with van der Waals surface area (Å²) < 4.78 is 25.2. The van der Waals surface area contributed by atoms with E-state index in [1.54, 1.807) is 20.3 Å². The maximum absolute atomic E-state index is 14.2. The van der Waals surface area contributed by atoms with Crippen LogP contribution in [0, 0.1) is 5.82 Å². The summed E-state index contributed by atoms with van der Waals surface area (Å²) >= 11 is 0. The molecule has 0 aliphatic carbocycles. The van der Waals surface area contributed by atoms with Gasteiger partial charge < -0.3 is 20.1 Å². The number of benzene rings is 2. The lowest BCUT2D eigenvalue weighted by Gasteiger charge is -2.36. The van der Waals surface area contributed by atoms with Crippen LogP contribution in [0.5, 0.6) is 11.5 Å². The Labute approximate surface area is 154 Å². The first-order chi connectivity index (χ1) is 12.6. The van der Waals surface area contributed by atoms with Crippen molar-refractivity contribution in [2.45, 2.75) is 38.4 Å². The molecule has 140 valence electrons. The van der Waals surface area contributed by atoms with Crippen LogP contribution < -0.4 is 20.1 Å². The molecule has 0 spiro atoms. The molecular formula is C21H29FN2O2+2. The molecule has 2 aromatic carbocycles. The van der Waals surface area contributed by atoms with Gasteiger partial charge in [0.05, 0.1) is 20.8 Å². The van der Waals surface area contributed by atoms with Crippen molar-refractivity contribution in [3.8, 4) is 11.5 Å². The van der Waals surface area contributed by atoms with Crippen LogP contribution in [-0.2, 0) is 13.0 Å². The van der Waals surface area contributed by atoms with Crippen LogP contribution in [0.2, 0.25) is 0 Å². The molecule has 3 rings (SSSR count). The largest absolute Gasteiger partial charge is 0.493 e. The molecule has 0 saturated carbocycles. The summed E-state index contributed by atoms with van der Waals surface area (Å²) in [7, 11) is 3.32. The molecule has 2 aromatic rings. The van der Waals surface area contributed by atoms with Crippen LogP contribution in [0.1, 0.15) is 36.1 Å². The van der Waals surface area contributed by atoms with Crippen molar-refractivity contribution >= 4 is 0 Å². The number of quaternary nitrogens is 2. The molecule has 4 N–H and O–H groups in total. The Morgan fingerprint density at radius 2 is 1.88 bits per heavy atom. The molecule has 1 unspecified atom stereocenters. The van der Waals surface area contributed by atoms with E-state index in [1.165, 1.54) is 22.1 Å². The highest BCUT2D eigenvalue weighted by Crippen LogP contribution is 2.35. The second-order valence-corrected chi connectivity index (χ2v) is 6.98. The number of methoxy groups -OCH3 is 2. The standard InChI is InChI=1S/C21H27FN2O2/c1-4-18(23)21-16-12-20(26-3)19(25-2)11-14(16)9-10-24(21)13-15-7-5-6-8-17(15)22/h5-8,11-12,18,21H,4,9-10,13,23H2,1-3H3/p+2/t18-,21+/m1/s1. The van der Waals surface area contributed by atoms with Gasteiger partial charge in [-0.3, -0.25) is 0 Å². The van der Waals surface area contributed by atoms with Crippen molar-refractivity contribution < 1.29 is 24.5 Å². The zero-order chi connectivity index (χ0) is 18.7. The first kappa shape index (κ1) is 18.7. The average molecular weight is 360 g/mol. The van der Waals surface area contributed by atoms with Gasteiger partial charge in [-0.15, -0.1) is 0 Å². The average Bonchev–Trinajstić information content (AvgIpc) is 2.67. The van der Waals surface area contributed by atoms with E-state index < -0.39 is 0 Å². The number of ether oxygens (including phenoxy) is 2. The maximum Gasteiger partial charge on any atom is 0.166 e. The zero-order valence-electron chi connectivity index (χ0n) is 15.8. The highest BCUT2D eigenvalue weighted by Gasteiger charge is 2.38. The monoisotopic (exact) mass is 360 g/mol. The summed E-state index contributed by atoms with van der Waals surface area (Å²) in [5.41, 5.74) is 7.70. The third-order valence-corrected chi connectivity index (χ3v) is 5.51. The van der Waals surface area contributed by atoms with Gasteiger partial charge in [-0.25, -0.2) is 4.39 Å². The van der Waals surface area contributed by atoms with E-state index in [0.29, 0.717) is 6.54 Å². The summed E-state index contributed by atoms with van der Waals surface area (Å²) in [6.45, 7) is 3.78. The van der Waals surface area contributed by atoms with Crippen LogP contribution in [-0.4, -0.2) is 26.8 Å². The van der Waals surface area contributed by atoms with Crippen molar-refractivity contribution in [2.24, 2.45) is 0 Å². The Morgan fingerprint density at radius 3 is 2.54 bits per heavy atom. The number of rotatable bonds is 6. The second kappa shape index (κ2) is 8.06. The predicted octanol–water partition coefficient (Wildman–Crippen LogP) is 1.55. The Hall–Kier alpha value is -2.11. The Balaban J connectivity index is 2.00. The topological polar surface area (TPSA) is 50.5 Å². The minimum absolute atomic E-state index is 0.131. The third kappa shape index (κ3) is 3.55. The molecule has 0 radical (unpaired) electrons. The van der Waals surface area contributed by atoms with Crippen molar-refractivity contribution in [3.05, 3.63) is 58.9 Å². The van der Waals surface area contributed by atoms with Gasteiger partial charge >= 0.3 is 0 Å². The van der Waals surface area contributed by atoms with Crippen molar-refractivity contribution in [3.63, 3.8) is 0 Å². The fourth-order valence-electron chi connectivity index (χ4n) is 4.02. The molecule has 0 amide bonds. The van der Waals surface area contributed by atoms with Crippen molar-refractivity contribution in [2.75, 3.05) is 20.8 Å². The van der Waals surface area contributed by atoms with E-state index in [-0.39, 0.29) is 17.9 Å². The smallest absolute Gasteiger partial charge is 0.166 e. The SMILES string of the molecule is CC[C@@H]([NH3+])[C@@H]1c2cc(OC)c(OC)cc2CC[NH+]1Cc1ccccc1F. The molecule has 4 nitrogen and oxygen atoms in total. The van der Waals surface area contributed by atoms with Gasteiger partial charge in [0.2, 0.25) is 0 Å². The fourth-order valence-corrected chi connectivity index (χ4v) is 4.02. The van der Waals surface area contributed by atoms with Crippen LogP contribution >= 0.6 is 0 Å². The normalized spacial score (nSPS) is 20.3. The first-order valence-corrected chi connectivity index (χ1v) is 9.24. The molecule has 1 aliphatic rings. The highest BCUT2D eigenvalue weighted by atomic mass is 19.1. The first-order valence-electron chi connectivity index (χ1n) is 9.24. The second-order valence-electron chi connectivity index (χ2n) is 6.98. The van der Waals surface area contributed by atoms with Gasteiger partial charge in [-0.1, -0.05) is 25.1 Å². The molecule has 0 aromatic heterocycles. The van der Waals surface area contributed by atoms with Crippen LogP contribution in [0.4, 0.5) is 4.39 Å². The lowest BCUT2D eigenvalue weighted by molar-refractivity contribution is -0.957. The molecule has 0 fully saturated rings. The Bertz CT molecular complexity index is 766. The molecule has 0 bridgehead atoms. The lowest BCUT2D eigenvalue weighted by atomic mass is 9.86. The quantitative estimate of drug-likeness (QED) is 0.821. The van der Waals surface area contributed by atoms with E-state index in [0.717, 1.165) is 36.4 Å². The molecule has 3 atom stereocenters. The van der Waals surface area contributed by atoms with E-state index in [2.05, 4.69) is 24.8 Å². The molecule has 0 saturated heterocycles. The zero-order valence-corrected chi connectivity index (χ0v) is 15.8. The summed E-state index contributed by atoms with van der Waals surface area (Å²) in [6.07, 6.45) is 1.91. The minimum Gasteiger partial charge on any atom is -0.493 e. The highest BCUT2D eigenvalue weighted by molar-refractivity contribution is 5.49. The van der Waals surface area contributed by atoms with Crippen molar-refractivity contribution in [1.82, 2.24) is 0 Å². The van der Waals surface area contributed by atoms with Gasteiger partial charge in [0.15, 0.2) is 17.5 Å². The van der Waals surface area contributed by atoms with Crippen molar-refractivity contribution in [1.29, 1.82) is 0 Å². The summed E-state index contributed by atoms with van der Waals surface area (Å²) in [5.74, 6) is 1.38. The van der Waals surface area contributed by atoms with Crippen LogP contribution in [0.3, 0.4) is 0 Å². The summed E-state index contributed by atoms with van der Waals surface area (Å²) in [6, 6.07) is 11.7. The molecule has 26 heavy (non-hydrogen) atoms. The minimum atomic E-state index is -0.131. The lowest BCUT2D eigenvalue weighted by Crippen LogP contribution is -3.14. The maximum atomic E-state index is 14.2. The van der Waals surface area contributed by atoms with E-state index in [1.807, 2.05) is 12.1 Å². The summed E-state index contributed by atoms with van der Waals surface area (Å²) in [4.78, 5) is 1.36. The van der Waals surface area contributed by atoms with Crippen LogP contribution in [0.25, 0.3) is 0 Å². The number of halogens is 1. The van der Waals surface area contributed by atoms with Gasteiger partial charge in [-0.05, 0) is 23.8 Å². The van der Waals surface area contributed by atoms with E-state index in [4.69, 9.17) is 9.47 Å². The predicted molar refractivity (Wildman–Crippen MR) is 98.9 cm³/mol. The number of hydrogen-bond acceptors (Lipinski definition) is 2. The number of hydrogen-bond donors (Lipinski definition) is 2. The Kier molecular flexibility index (Phi) is 5.79. The van der Waals surface area contributed by atoms with E-state index >= 15 is 0 Å². The molecule has 5 heteroatoms. The molecule has 1 aliphatic heterocycles. The fraction of sp³-hybridized carbons (Fsp3) is 0.429. The van der Waals surface area contributed by atoms with Gasteiger partial charge in [0, 0.05) is 24.0 Å². The molecular weight excluding hydrogens is 331 g/mol. The number of nitrogens with one attached hydrogen (secondary N) is 1. The van der Waals surface area contributed by atoms with E-state index in [9.17, 15) is 4.39 Å². The number of fused-ring (bicyclic) bond motifs is 1. The van der Waals surface area contributed by atoms with Gasteiger partial charge in [-0.2, -0.15) is 0 Å². The molecule has 1 heterocycles. The Morgan fingerprint density at radius 1 is 1.19 bits per heavy atom. The van der Waals surface area contributed by atoms with Gasteiger partial charge in [0.1, 0.15) is 18.4 Å².